The molecule has 0 spiro atoms. The summed E-state index contributed by atoms with van der Waals surface area (Å²) in [6.45, 7) is 0. The van der Waals surface area contributed by atoms with Gasteiger partial charge in [0.2, 0.25) is 0 Å². The van der Waals surface area contributed by atoms with E-state index in [0.29, 0.717) is 0 Å². The Bertz CT molecular complexity index is 3730. The zero-order chi connectivity index (χ0) is 36.5. The van der Waals surface area contributed by atoms with Gasteiger partial charge in [-0.15, -0.1) is 0 Å². The molecular weight excluding hydrogens is 681 g/mol. The summed E-state index contributed by atoms with van der Waals surface area (Å²) in [5, 5.41) is 17.0. The van der Waals surface area contributed by atoms with Crippen molar-refractivity contribution in [1.82, 2.24) is 0 Å². The predicted octanol–water partition coefficient (Wildman–Crippen LogP) is 15.7. The van der Waals surface area contributed by atoms with Crippen molar-refractivity contribution < 1.29 is 8.83 Å². The molecule has 2 heteroatoms. The Hall–Kier alpha value is -7.42. The van der Waals surface area contributed by atoms with E-state index in [1.54, 1.807) is 0 Å². The van der Waals surface area contributed by atoms with Gasteiger partial charge < -0.3 is 8.83 Å². The van der Waals surface area contributed by atoms with Gasteiger partial charge in [0.05, 0.1) is 0 Å². The van der Waals surface area contributed by atoms with Gasteiger partial charge in [0.1, 0.15) is 22.3 Å². The zero-order valence-electron chi connectivity index (χ0n) is 30.1. The molecule has 0 aliphatic heterocycles. The Balaban J connectivity index is 1.03. The van der Waals surface area contributed by atoms with E-state index in [4.69, 9.17) is 8.83 Å². The highest BCUT2D eigenvalue weighted by atomic mass is 16.3. The van der Waals surface area contributed by atoms with Gasteiger partial charge >= 0.3 is 0 Å². The summed E-state index contributed by atoms with van der Waals surface area (Å²) in [5.41, 5.74) is 10.5. The normalized spacial score (nSPS) is 12.3. The molecule has 0 amide bonds. The van der Waals surface area contributed by atoms with Gasteiger partial charge in [-0.2, -0.15) is 0 Å². The topological polar surface area (TPSA) is 26.3 Å². The number of rotatable bonds is 3. The Morgan fingerprint density at radius 2 is 0.768 bits per heavy atom. The molecule has 258 valence electrons. The third-order valence-corrected chi connectivity index (χ3v) is 12.2. The van der Waals surface area contributed by atoms with Crippen LogP contribution in [0.5, 0.6) is 0 Å². The van der Waals surface area contributed by atoms with E-state index in [9.17, 15) is 0 Å². The van der Waals surface area contributed by atoms with Crippen LogP contribution in [0.3, 0.4) is 0 Å². The van der Waals surface area contributed by atoms with Crippen molar-refractivity contribution in [2.75, 3.05) is 0 Å². The highest BCUT2D eigenvalue weighted by molar-refractivity contribution is 6.28. The molecule has 13 rings (SSSR count). The minimum atomic E-state index is 0.896. The number of hydrogen-bond acceptors (Lipinski definition) is 2. The first-order valence-corrected chi connectivity index (χ1v) is 19.2. The third-order valence-electron chi connectivity index (χ3n) is 12.2. The monoisotopic (exact) mass is 710 g/mol. The highest BCUT2D eigenvalue weighted by Gasteiger charge is 2.21. The van der Waals surface area contributed by atoms with Gasteiger partial charge in [0.15, 0.2) is 0 Å². The van der Waals surface area contributed by atoms with E-state index >= 15 is 0 Å². The quantitative estimate of drug-likeness (QED) is 0.171. The molecule has 56 heavy (non-hydrogen) atoms. The van der Waals surface area contributed by atoms with Crippen LogP contribution in [0.15, 0.2) is 191 Å². The molecule has 2 aromatic heterocycles. The van der Waals surface area contributed by atoms with Gasteiger partial charge in [-0.1, -0.05) is 146 Å². The summed E-state index contributed by atoms with van der Waals surface area (Å²) >= 11 is 0. The van der Waals surface area contributed by atoms with E-state index in [1.165, 1.54) is 65.0 Å². The Morgan fingerprint density at radius 3 is 1.48 bits per heavy atom. The summed E-state index contributed by atoms with van der Waals surface area (Å²) in [7, 11) is 0. The maximum Gasteiger partial charge on any atom is 0.143 e. The number of furan rings is 2. The van der Waals surface area contributed by atoms with Gasteiger partial charge in [0.25, 0.3) is 0 Å². The maximum atomic E-state index is 6.97. The highest BCUT2D eigenvalue weighted by Crippen LogP contribution is 2.47. The summed E-state index contributed by atoms with van der Waals surface area (Å²) in [6, 6.07) is 66.1. The van der Waals surface area contributed by atoms with Gasteiger partial charge in [0, 0.05) is 27.1 Å². The van der Waals surface area contributed by atoms with E-state index in [1.807, 2.05) is 0 Å². The molecule has 0 aliphatic rings. The fraction of sp³-hybridized carbons (Fsp3) is 0. The number of hydrogen-bond donors (Lipinski definition) is 0. The first-order chi connectivity index (χ1) is 27.7. The van der Waals surface area contributed by atoms with Crippen molar-refractivity contribution in [2.45, 2.75) is 0 Å². The molecule has 13 aromatic rings. The predicted molar refractivity (Wildman–Crippen MR) is 236 cm³/mol. The average Bonchev–Trinajstić information content (AvgIpc) is 3.81. The Labute approximate surface area is 320 Å². The molecule has 0 saturated carbocycles. The van der Waals surface area contributed by atoms with Crippen LogP contribution in [-0.4, -0.2) is 0 Å². The van der Waals surface area contributed by atoms with Crippen LogP contribution in [0, 0.1) is 0 Å². The molecule has 11 aromatic carbocycles. The minimum Gasteiger partial charge on any atom is -0.456 e. The summed E-state index contributed by atoms with van der Waals surface area (Å²) < 4.78 is 13.4. The average molecular weight is 711 g/mol. The second kappa shape index (κ2) is 11.1. The fourth-order valence-corrected chi connectivity index (χ4v) is 9.57. The molecule has 0 bridgehead atoms. The lowest BCUT2D eigenvalue weighted by atomic mass is 9.87. The largest absolute Gasteiger partial charge is 0.456 e. The van der Waals surface area contributed by atoms with Gasteiger partial charge in [-0.05, 0) is 118 Å². The molecule has 0 atom stereocenters. The van der Waals surface area contributed by atoms with Crippen molar-refractivity contribution >= 4 is 97.7 Å². The van der Waals surface area contributed by atoms with Gasteiger partial charge in [-0.25, -0.2) is 0 Å². The van der Waals surface area contributed by atoms with Crippen molar-refractivity contribution in [3.8, 4) is 33.4 Å². The van der Waals surface area contributed by atoms with Gasteiger partial charge in [-0.3, -0.25) is 0 Å². The first-order valence-electron chi connectivity index (χ1n) is 19.2. The number of benzene rings is 11. The van der Waals surface area contributed by atoms with E-state index in [2.05, 4.69) is 182 Å². The summed E-state index contributed by atoms with van der Waals surface area (Å²) in [5.74, 6) is 0. The second-order valence-corrected chi connectivity index (χ2v) is 15.2. The lowest BCUT2D eigenvalue weighted by Crippen LogP contribution is -1.89. The molecule has 2 heterocycles. The van der Waals surface area contributed by atoms with Crippen molar-refractivity contribution in [2.24, 2.45) is 0 Å². The Morgan fingerprint density at radius 1 is 0.250 bits per heavy atom. The molecule has 0 aliphatic carbocycles. The van der Waals surface area contributed by atoms with Crippen LogP contribution in [0.4, 0.5) is 0 Å². The van der Waals surface area contributed by atoms with Crippen LogP contribution in [-0.2, 0) is 0 Å². The van der Waals surface area contributed by atoms with E-state index in [-0.39, 0.29) is 0 Å². The molecule has 0 N–H and O–H groups in total. The molecule has 0 unspecified atom stereocenters. The van der Waals surface area contributed by atoms with Crippen LogP contribution >= 0.6 is 0 Å². The fourth-order valence-electron chi connectivity index (χ4n) is 9.57. The van der Waals surface area contributed by atoms with Crippen molar-refractivity contribution in [3.63, 3.8) is 0 Å². The Kier molecular flexibility index (Phi) is 5.92. The van der Waals surface area contributed by atoms with Crippen molar-refractivity contribution in [3.05, 3.63) is 182 Å². The lowest BCUT2D eigenvalue weighted by Gasteiger charge is -2.15. The molecule has 2 nitrogen and oxygen atoms in total. The third kappa shape index (κ3) is 4.16. The second-order valence-electron chi connectivity index (χ2n) is 15.2. The molecule has 0 saturated heterocycles. The van der Waals surface area contributed by atoms with E-state index in [0.717, 1.165) is 66.1 Å². The smallest absolute Gasteiger partial charge is 0.143 e. The van der Waals surface area contributed by atoms with Crippen LogP contribution in [0.1, 0.15) is 0 Å². The van der Waals surface area contributed by atoms with Crippen LogP contribution < -0.4 is 0 Å². The van der Waals surface area contributed by atoms with E-state index < -0.39 is 0 Å². The number of fused-ring (bicyclic) bond motifs is 8. The minimum absolute atomic E-state index is 0.896. The summed E-state index contributed by atoms with van der Waals surface area (Å²) in [6.07, 6.45) is 0. The SMILES string of the molecule is c1ccc2cc3c(cc2c1)oc1cccc(-c2ccc(-c4ccc(-c5ccc6ccc7cccc8ccc5c6c78)c5c4oc4cc6ccccc6cc45)cc2)c13. The van der Waals surface area contributed by atoms with Crippen molar-refractivity contribution in [1.29, 1.82) is 0 Å². The van der Waals surface area contributed by atoms with Crippen LogP contribution in [0.2, 0.25) is 0 Å². The molecular formula is C54H30O2. The maximum absolute atomic E-state index is 6.97. The first kappa shape index (κ1) is 30.0. The standard InChI is InChI=1S/C54H30O2/c1-3-9-38-29-48-45(27-36(38)7-1)52-40(13-6-14-47(52)55-48)31-15-17-32(18-16-31)41-25-26-44(53-46-28-37-8-2-4-10-39(37)30-49(46)56-54(41)53)42-23-21-35-20-19-33-11-5-12-34-22-24-43(42)51(35)50(33)34/h1-30H. The zero-order valence-corrected chi connectivity index (χ0v) is 30.1. The lowest BCUT2D eigenvalue weighted by molar-refractivity contribution is 0.669. The molecule has 0 fully saturated rings. The summed E-state index contributed by atoms with van der Waals surface area (Å²) in [4.78, 5) is 0. The van der Waals surface area contributed by atoms with Crippen LogP contribution in [0.25, 0.3) is 131 Å². The molecule has 0 radical (unpaired) electrons.